The molecule has 1 saturated heterocycles. The number of carbonyl (C=O) groups excluding carboxylic acids is 2. The second kappa shape index (κ2) is 14.3. The first-order valence-corrected chi connectivity index (χ1v) is 15.0. The van der Waals surface area contributed by atoms with Crippen molar-refractivity contribution in [3.05, 3.63) is 94.5 Å². The molecule has 7 heteroatoms. The van der Waals surface area contributed by atoms with E-state index in [9.17, 15) is 9.59 Å². The summed E-state index contributed by atoms with van der Waals surface area (Å²) in [6.45, 7) is 8.36. The largest absolute Gasteiger partial charge is 0.379 e. The fraction of sp³-hybridized carbons (Fsp3) is 0.412. The molecule has 0 radical (unpaired) electrons. The highest BCUT2D eigenvalue weighted by atomic mass is 16.5. The number of morpholine rings is 1. The summed E-state index contributed by atoms with van der Waals surface area (Å²) in [6, 6.07) is 22.0. The summed E-state index contributed by atoms with van der Waals surface area (Å²) >= 11 is 0. The van der Waals surface area contributed by atoms with Crippen molar-refractivity contribution in [1.82, 2.24) is 10.2 Å². The van der Waals surface area contributed by atoms with Gasteiger partial charge in [0.2, 0.25) is 0 Å². The van der Waals surface area contributed by atoms with Gasteiger partial charge in [-0.15, -0.1) is 0 Å². The minimum Gasteiger partial charge on any atom is -0.379 e. The molecule has 2 aliphatic rings. The molecule has 41 heavy (non-hydrogen) atoms. The number of hydrogen-bond donors (Lipinski definition) is 2. The van der Waals surface area contributed by atoms with Gasteiger partial charge in [0.1, 0.15) is 0 Å². The van der Waals surface area contributed by atoms with Crippen LogP contribution in [-0.4, -0.2) is 62.7 Å². The molecule has 0 bridgehead atoms. The van der Waals surface area contributed by atoms with Gasteiger partial charge in [-0.05, 0) is 66.3 Å². The minimum absolute atomic E-state index is 0.125. The first-order valence-electron chi connectivity index (χ1n) is 15.0. The molecule has 7 nitrogen and oxygen atoms in total. The van der Waals surface area contributed by atoms with Gasteiger partial charge < -0.3 is 20.3 Å². The average molecular weight is 555 g/mol. The molecule has 0 unspecified atom stereocenters. The zero-order chi connectivity index (χ0) is 28.4. The van der Waals surface area contributed by atoms with E-state index in [1.54, 1.807) is 0 Å². The molecule has 0 atom stereocenters. The molecule has 2 heterocycles. The van der Waals surface area contributed by atoms with Crippen LogP contribution in [0.25, 0.3) is 0 Å². The zero-order valence-electron chi connectivity index (χ0n) is 24.2. The van der Waals surface area contributed by atoms with Gasteiger partial charge in [-0.2, -0.15) is 0 Å². The Balaban J connectivity index is 1.30. The highest BCUT2D eigenvalue weighted by Crippen LogP contribution is 2.30. The number of ether oxygens (including phenoxy) is 1. The molecule has 216 valence electrons. The number of anilines is 2. The number of carbonyl (C=O) groups is 2. The molecular weight excluding hydrogens is 512 g/mol. The molecule has 1 fully saturated rings. The van der Waals surface area contributed by atoms with Crippen molar-refractivity contribution >= 4 is 23.2 Å². The Hall–Kier alpha value is -3.68. The number of nitrogens with zero attached hydrogens (tertiary/aromatic N) is 2. The first-order chi connectivity index (χ1) is 20.1. The maximum absolute atomic E-state index is 13.6. The summed E-state index contributed by atoms with van der Waals surface area (Å²) in [6.07, 6.45) is 5.53. The molecule has 0 saturated carbocycles. The van der Waals surface area contributed by atoms with Gasteiger partial charge >= 0.3 is 0 Å². The molecule has 3 aromatic carbocycles. The summed E-state index contributed by atoms with van der Waals surface area (Å²) < 4.78 is 5.44. The monoisotopic (exact) mass is 554 g/mol. The fourth-order valence-electron chi connectivity index (χ4n) is 5.63. The predicted molar refractivity (Wildman–Crippen MR) is 165 cm³/mol. The van der Waals surface area contributed by atoms with Crippen LogP contribution in [0.4, 0.5) is 11.4 Å². The minimum atomic E-state index is -0.177. The number of amides is 2. The van der Waals surface area contributed by atoms with Crippen molar-refractivity contribution < 1.29 is 14.3 Å². The number of fused-ring (bicyclic) bond motifs is 1. The lowest BCUT2D eigenvalue weighted by atomic mass is 9.98. The van der Waals surface area contributed by atoms with Crippen LogP contribution in [-0.2, 0) is 24.1 Å². The third-order valence-electron chi connectivity index (χ3n) is 8.07. The maximum atomic E-state index is 13.6. The van der Waals surface area contributed by atoms with E-state index < -0.39 is 0 Å². The van der Waals surface area contributed by atoms with Crippen LogP contribution in [0.2, 0.25) is 0 Å². The quantitative estimate of drug-likeness (QED) is 0.315. The van der Waals surface area contributed by atoms with E-state index in [4.69, 9.17) is 4.74 Å². The molecular formula is C34H42N4O3. The van der Waals surface area contributed by atoms with Crippen LogP contribution in [0.5, 0.6) is 0 Å². The van der Waals surface area contributed by atoms with E-state index in [1.807, 2.05) is 42.5 Å². The molecule has 2 aliphatic heterocycles. The van der Waals surface area contributed by atoms with E-state index in [-0.39, 0.29) is 11.8 Å². The number of unbranched alkanes of at least 4 members (excludes halogenated alkanes) is 2. The lowest BCUT2D eigenvalue weighted by Gasteiger charge is -2.32. The second-order valence-electron chi connectivity index (χ2n) is 11.0. The Bertz CT molecular complexity index is 1320. The highest BCUT2D eigenvalue weighted by molar-refractivity contribution is 6.06. The second-order valence-corrected chi connectivity index (χ2v) is 11.0. The smallest absolute Gasteiger partial charge is 0.255 e. The van der Waals surface area contributed by atoms with Crippen molar-refractivity contribution in [3.8, 4) is 0 Å². The van der Waals surface area contributed by atoms with Gasteiger partial charge in [-0.25, -0.2) is 0 Å². The summed E-state index contributed by atoms with van der Waals surface area (Å²) in [5.41, 5.74) is 6.58. The van der Waals surface area contributed by atoms with Crippen LogP contribution in [0.1, 0.15) is 63.6 Å². The van der Waals surface area contributed by atoms with Crippen LogP contribution in [0.3, 0.4) is 0 Å². The van der Waals surface area contributed by atoms with Crippen molar-refractivity contribution in [2.75, 3.05) is 56.2 Å². The Kier molecular flexibility index (Phi) is 10.0. The highest BCUT2D eigenvalue weighted by Gasteiger charge is 2.22. The van der Waals surface area contributed by atoms with Gasteiger partial charge in [-0.3, -0.25) is 14.5 Å². The summed E-state index contributed by atoms with van der Waals surface area (Å²) in [5.74, 6) is -0.303. The van der Waals surface area contributed by atoms with E-state index in [0.29, 0.717) is 23.4 Å². The molecule has 0 spiro atoms. The first kappa shape index (κ1) is 28.8. The number of benzene rings is 3. The Morgan fingerprint density at radius 2 is 1.66 bits per heavy atom. The lowest BCUT2D eigenvalue weighted by Crippen LogP contribution is -2.41. The maximum Gasteiger partial charge on any atom is 0.255 e. The Morgan fingerprint density at radius 1 is 0.878 bits per heavy atom. The third kappa shape index (κ3) is 7.75. The van der Waals surface area contributed by atoms with Crippen molar-refractivity contribution in [1.29, 1.82) is 0 Å². The van der Waals surface area contributed by atoms with E-state index in [1.165, 1.54) is 29.5 Å². The molecule has 2 N–H and O–H groups in total. The molecule has 3 aromatic rings. The van der Waals surface area contributed by atoms with Crippen molar-refractivity contribution in [3.63, 3.8) is 0 Å². The van der Waals surface area contributed by atoms with Gasteiger partial charge in [-0.1, -0.05) is 56.2 Å². The number of aryl methyl sites for hydroxylation is 1. The zero-order valence-corrected chi connectivity index (χ0v) is 24.2. The SMILES string of the molecule is CCCCCc1ccc(C(=O)Nc2ccc(N3CCc4ccccc4C3)c(C(=O)NCCN3CCOCC3)c2)cc1. The molecule has 0 aliphatic carbocycles. The predicted octanol–water partition coefficient (Wildman–Crippen LogP) is 5.30. The van der Waals surface area contributed by atoms with Crippen LogP contribution in [0.15, 0.2) is 66.7 Å². The topological polar surface area (TPSA) is 73.9 Å². The molecule has 0 aromatic heterocycles. The normalized spacial score (nSPS) is 15.3. The number of hydrogen-bond acceptors (Lipinski definition) is 5. The fourth-order valence-corrected chi connectivity index (χ4v) is 5.63. The summed E-state index contributed by atoms with van der Waals surface area (Å²) in [7, 11) is 0. The van der Waals surface area contributed by atoms with Gasteiger partial charge in [0.05, 0.1) is 18.8 Å². The number of nitrogens with one attached hydrogen (secondary N) is 2. The van der Waals surface area contributed by atoms with E-state index in [2.05, 4.69) is 51.6 Å². The average Bonchev–Trinajstić information content (AvgIpc) is 3.01. The summed E-state index contributed by atoms with van der Waals surface area (Å²) in [4.78, 5) is 31.2. The van der Waals surface area contributed by atoms with Crippen LogP contribution in [0, 0.1) is 0 Å². The van der Waals surface area contributed by atoms with E-state index in [0.717, 1.165) is 70.9 Å². The summed E-state index contributed by atoms with van der Waals surface area (Å²) in [5, 5.41) is 6.14. The third-order valence-corrected chi connectivity index (χ3v) is 8.07. The van der Waals surface area contributed by atoms with Crippen molar-refractivity contribution in [2.45, 2.75) is 45.6 Å². The lowest BCUT2D eigenvalue weighted by molar-refractivity contribution is 0.0383. The Labute approximate surface area is 243 Å². The molecule has 2 amide bonds. The Morgan fingerprint density at radius 3 is 2.44 bits per heavy atom. The molecule has 5 rings (SSSR count). The standard InChI is InChI=1S/C34H42N4O3/c1-2-3-4-7-26-10-12-28(13-11-26)33(39)36-30-14-15-32(38-18-16-27-8-5-6-9-29(27)25-38)31(24-30)34(40)35-17-19-37-20-22-41-23-21-37/h5-6,8-15,24H,2-4,7,16-23,25H2,1H3,(H,35,40)(H,36,39). The van der Waals surface area contributed by atoms with Gasteiger partial charge in [0, 0.05) is 56.2 Å². The number of rotatable bonds is 11. The van der Waals surface area contributed by atoms with Crippen LogP contribution >= 0.6 is 0 Å². The van der Waals surface area contributed by atoms with Crippen molar-refractivity contribution in [2.24, 2.45) is 0 Å². The van der Waals surface area contributed by atoms with E-state index >= 15 is 0 Å². The van der Waals surface area contributed by atoms with Gasteiger partial charge in [0.15, 0.2) is 0 Å². The van der Waals surface area contributed by atoms with Gasteiger partial charge in [0.25, 0.3) is 11.8 Å². The van der Waals surface area contributed by atoms with Crippen LogP contribution < -0.4 is 15.5 Å².